The molecule has 4 rings (SSSR count). The lowest BCUT2D eigenvalue weighted by molar-refractivity contribution is -0.274. The topological polar surface area (TPSA) is 96.3 Å². The number of carbonyl (C=O) groups excluding carboxylic acids is 2. The van der Waals surface area contributed by atoms with E-state index in [2.05, 4.69) is 4.74 Å². The lowest BCUT2D eigenvalue weighted by atomic mass is 9.95. The molecule has 2 N–H and O–H groups in total. The number of amides is 1. The lowest BCUT2D eigenvalue weighted by Crippen LogP contribution is -2.29. The molecule has 0 saturated carbocycles. The van der Waals surface area contributed by atoms with Gasteiger partial charge in [0.05, 0.1) is 18.7 Å². The summed E-state index contributed by atoms with van der Waals surface area (Å²) in [6.07, 6.45) is -4.96. The number of methoxy groups -OCH3 is 1. The smallest absolute Gasteiger partial charge is 0.508 e. The number of halogens is 3. The number of phenolic OH excluding ortho intramolecular Hbond substituents is 1. The number of ether oxygens (including phenoxy) is 2. The number of aromatic hydroxyl groups is 1. The third kappa shape index (κ3) is 4.77. The minimum atomic E-state index is -4.96. The van der Waals surface area contributed by atoms with E-state index in [4.69, 9.17) is 4.74 Å². The molecule has 1 atom stereocenters. The molecule has 3 aromatic rings. The number of phenols is 1. The minimum Gasteiger partial charge on any atom is -0.508 e. The molecule has 1 aliphatic rings. The maximum Gasteiger partial charge on any atom is 0.573 e. The Bertz CT molecular complexity index is 1320. The Balaban J connectivity index is 1.90. The summed E-state index contributed by atoms with van der Waals surface area (Å²) in [4.78, 5) is 27.2. The number of aliphatic hydroxyl groups is 1. The van der Waals surface area contributed by atoms with E-state index >= 15 is 0 Å². The van der Waals surface area contributed by atoms with Crippen LogP contribution in [0.3, 0.4) is 0 Å². The first-order valence-corrected chi connectivity index (χ1v) is 10.2. The van der Waals surface area contributed by atoms with Gasteiger partial charge in [-0.05, 0) is 42.0 Å². The van der Waals surface area contributed by atoms with E-state index in [1.165, 1.54) is 55.6 Å². The Morgan fingerprint density at radius 3 is 2.26 bits per heavy atom. The zero-order chi connectivity index (χ0) is 25.3. The van der Waals surface area contributed by atoms with Crippen LogP contribution in [0.4, 0.5) is 18.9 Å². The van der Waals surface area contributed by atoms with Crippen LogP contribution in [0.15, 0.2) is 78.4 Å². The molecule has 0 spiro atoms. The maximum atomic E-state index is 13.1. The fourth-order valence-corrected chi connectivity index (χ4v) is 3.83. The molecule has 10 heteroatoms. The highest BCUT2D eigenvalue weighted by Gasteiger charge is 2.47. The summed E-state index contributed by atoms with van der Waals surface area (Å²) in [5, 5.41) is 20.8. The van der Waals surface area contributed by atoms with Crippen LogP contribution in [0, 0.1) is 0 Å². The van der Waals surface area contributed by atoms with Gasteiger partial charge in [0.15, 0.2) is 0 Å². The molecule has 7 nitrogen and oxygen atoms in total. The third-order valence-electron chi connectivity index (χ3n) is 5.33. The number of nitrogens with zero attached hydrogens (tertiary/aromatic N) is 1. The zero-order valence-electron chi connectivity index (χ0n) is 18.1. The van der Waals surface area contributed by atoms with Crippen molar-refractivity contribution in [2.75, 3.05) is 12.0 Å². The molecular weight excluding hydrogens is 467 g/mol. The Hall–Kier alpha value is -4.47. The van der Waals surface area contributed by atoms with E-state index in [0.29, 0.717) is 11.3 Å². The van der Waals surface area contributed by atoms with Crippen molar-refractivity contribution < 1.29 is 42.4 Å². The van der Waals surface area contributed by atoms with Crippen molar-refractivity contribution in [2.24, 2.45) is 0 Å². The molecule has 1 aliphatic heterocycles. The largest absolute Gasteiger partial charge is 0.573 e. The molecule has 180 valence electrons. The van der Waals surface area contributed by atoms with Gasteiger partial charge in [-0.1, -0.05) is 30.3 Å². The molecule has 1 amide bonds. The highest BCUT2D eigenvalue weighted by atomic mass is 19.4. The van der Waals surface area contributed by atoms with Crippen LogP contribution in [0.25, 0.3) is 5.76 Å². The highest BCUT2D eigenvalue weighted by molar-refractivity contribution is 6.51. The number of anilines is 1. The summed E-state index contributed by atoms with van der Waals surface area (Å²) >= 11 is 0. The second-order valence-electron chi connectivity index (χ2n) is 7.54. The molecule has 0 aliphatic carbocycles. The average molecular weight is 485 g/mol. The molecule has 3 aromatic carbocycles. The summed E-state index contributed by atoms with van der Waals surface area (Å²) in [6.45, 7) is 0. The van der Waals surface area contributed by atoms with E-state index in [1.54, 1.807) is 12.1 Å². The summed E-state index contributed by atoms with van der Waals surface area (Å²) in [7, 11) is 1.42. The van der Waals surface area contributed by atoms with Crippen LogP contribution in [0.2, 0.25) is 0 Å². The zero-order valence-corrected chi connectivity index (χ0v) is 18.1. The van der Waals surface area contributed by atoms with E-state index in [0.717, 1.165) is 17.0 Å². The number of aliphatic hydroxyl groups excluding tert-OH is 1. The van der Waals surface area contributed by atoms with Crippen LogP contribution >= 0.6 is 0 Å². The highest BCUT2D eigenvalue weighted by Crippen LogP contribution is 2.43. The van der Waals surface area contributed by atoms with Gasteiger partial charge in [0.2, 0.25) is 0 Å². The monoisotopic (exact) mass is 485 g/mol. The normalized spacial score (nSPS) is 17.5. The van der Waals surface area contributed by atoms with Gasteiger partial charge in [-0.3, -0.25) is 14.5 Å². The van der Waals surface area contributed by atoms with Gasteiger partial charge in [-0.25, -0.2) is 0 Å². The van der Waals surface area contributed by atoms with Crippen molar-refractivity contribution >= 4 is 23.1 Å². The third-order valence-corrected chi connectivity index (χ3v) is 5.33. The maximum absolute atomic E-state index is 13.1. The summed E-state index contributed by atoms with van der Waals surface area (Å²) in [6, 6.07) is 15.1. The van der Waals surface area contributed by atoms with Gasteiger partial charge < -0.3 is 19.7 Å². The number of carbonyl (C=O) groups is 2. The number of rotatable bonds is 5. The molecule has 35 heavy (non-hydrogen) atoms. The van der Waals surface area contributed by atoms with Gasteiger partial charge in [-0.2, -0.15) is 0 Å². The van der Waals surface area contributed by atoms with E-state index < -0.39 is 35.6 Å². The Kier molecular flexibility index (Phi) is 6.12. The fraction of sp³-hybridized carbons (Fsp3) is 0.120. The summed E-state index contributed by atoms with van der Waals surface area (Å²) in [5.41, 5.74) is 0.182. The van der Waals surface area contributed by atoms with Crippen molar-refractivity contribution in [3.63, 3.8) is 0 Å². The molecule has 1 unspecified atom stereocenters. The van der Waals surface area contributed by atoms with E-state index in [1.807, 2.05) is 0 Å². The molecule has 0 bridgehead atoms. The molecule has 1 fully saturated rings. The number of ketones is 1. The SMILES string of the molecule is COc1cccc(/C(O)=C2\C(=O)C(=O)N(c3cccc(OC(F)(F)F)c3)C2c2ccc(O)cc2)c1. The van der Waals surface area contributed by atoms with Gasteiger partial charge in [0.25, 0.3) is 11.7 Å². The molecular formula is C25H18F3NO6. The van der Waals surface area contributed by atoms with Gasteiger partial charge >= 0.3 is 6.36 Å². The van der Waals surface area contributed by atoms with Crippen molar-refractivity contribution in [1.29, 1.82) is 0 Å². The summed E-state index contributed by atoms with van der Waals surface area (Å²) < 4.78 is 47.4. The van der Waals surface area contributed by atoms with Crippen LogP contribution in [-0.4, -0.2) is 35.4 Å². The van der Waals surface area contributed by atoms with Gasteiger partial charge in [0, 0.05) is 17.3 Å². The second-order valence-corrected chi connectivity index (χ2v) is 7.54. The standard InChI is InChI=1S/C25H18F3NO6/c1-34-18-6-2-4-15(12-18)22(31)20-21(14-8-10-17(30)11-9-14)29(24(33)23(20)32)16-5-3-7-19(13-16)35-25(26,27)28/h2-13,21,30-31H,1H3/b22-20+. The van der Waals surface area contributed by atoms with Crippen molar-refractivity contribution in [1.82, 2.24) is 0 Å². The number of Topliss-reactive ketones (excluding diaryl/α,β-unsaturated/α-hetero) is 1. The number of hydrogen-bond acceptors (Lipinski definition) is 6. The van der Waals surface area contributed by atoms with Crippen molar-refractivity contribution in [2.45, 2.75) is 12.4 Å². The average Bonchev–Trinajstić information content (AvgIpc) is 3.08. The quantitative estimate of drug-likeness (QED) is 0.302. The van der Waals surface area contributed by atoms with Gasteiger partial charge in [-0.15, -0.1) is 13.2 Å². The van der Waals surface area contributed by atoms with E-state index in [-0.39, 0.29) is 22.6 Å². The Morgan fingerprint density at radius 1 is 0.943 bits per heavy atom. The predicted octanol–water partition coefficient (Wildman–Crippen LogP) is 4.93. The number of benzene rings is 3. The first-order valence-electron chi connectivity index (χ1n) is 10.2. The number of hydrogen-bond donors (Lipinski definition) is 2. The van der Waals surface area contributed by atoms with Crippen molar-refractivity contribution in [3.05, 3.63) is 89.5 Å². The van der Waals surface area contributed by atoms with Crippen LogP contribution in [0.5, 0.6) is 17.2 Å². The second kappa shape index (κ2) is 9.05. The van der Waals surface area contributed by atoms with Crippen molar-refractivity contribution in [3.8, 4) is 17.2 Å². The summed E-state index contributed by atoms with van der Waals surface area (Å²) in [5.74, 6) is -2.87. The fourth-order valence-electron chi connectivity index (χ4n) is 3.83. The van der Waals surface area contributed by atoms with E-state index in [9.17, 15) is 33.0 Å². The van der Waals surface area contributed by atoms with Crippen LogP contribution < -0.4 is 14.4 Å². The van der Waals surface area contributed by atoms with Crippen LogP contribution in [0.1, 0.15) is 17.2 Å². The lowest BCUT2D eigenvalue weighted by Gasteiger charge is -2.26. The minimum absolute atomic E-state index is 0.0587. The Morgan fingerprint density at radius 2 is 1.60 bits per heavy atom. The van der Waals surface area contributed by atoms with Gasteiger partial charge in [0.1, 0.15) is 23.0 Å². The molecule has 0 aromatic heterocycles. The molecule has 0 radical (unpaired) electrons. The first-order chi connectivity index (χ1) is 16.6. The Labute approximate surface area is 197 Å². The predicted molar refractivity (Wildman–Crippen MR) is 119 cm³/mol. The van der Waals surface area contributed by atoms with Crippen LogP contribution in [-0.2, 0) is 9.59 Å². The molecule has 1 saturated heterocycles. The first kappa shape index (κ1) is 23.7. The molecule has 1 heterocycles. The number of alkyl halides is 3.